The lowest BCUT2D eigenvalue weighted by Crippen LogP contribution is -2.51. The van der Waals surface area contributed by atoms with Crippen molar-refractivity contribution >= 4 is 29.8 Å². The molecule has 1 aromatic carbocycles. The van der Waals surface area contributed by atoms with Crippen LogP contribution >= 0.6 is 0 Å². The quantitative estimate of drug-likeness (QED) is 0.0570. The monoisotopic (exact) mass is 709 g/mol. The van der Waals surface area contributed by atoms with E-state index in [0.29, 0.717) is 90.0 Å². The maximum Gasteiger partial charge on any atom is 0.326 e. The minimum absolute atomic E-state index is 0.0187. The molecule has 0 bridgehead atoms. The normalized spacial score (nSPS) is 12.2. The fraction of sp³-hybridized carbons (Fsp3) is 0.581. The fourth-order valence-corrected chi connectivity index (χ4v) is 4.25. The van der Waals surface area contributed by atoms with Gasteiger partial charge in [-0.25, -0.2) is 19.1 Å². The number of carboxylic acid groups (broad SMARTS) is 3. The highest BCUT2D eigenvalue weighted by atomic mass is 16.6. The second-order valence-corrected chi connectivity index (χ2v) is 10.8. The number of amides is 3. The summed E-state index contributed by atoms with van der Waals surface area (Å²) in [6.45, 7) is 4.98. The van der Waals surface area contributed by atoms with Crippen molar-refractivity contribution in [2.45, 2.75) is 50.7 Å². The third-order valence-electron chi connectivity index (χ3n) is 6.88. The summed E-state index contributed by atoms with van der Waals surface area (Å²) in [6, 6.07) is 2.95. The Balaban J connectivity index is 1.63. The van der Waals surface area contributed by atoms with Gasteiger partial charge in [0, 0.05) is 30.6 Å². The molecule has 1 aromatic heterocycles. The van der Waals surface area contributed by atoms with Crippen molar-refractivity contribution in [3.8, 4) is 11.3 Å². The second-order valence-electron chi connectivity index (χ2n) is 10.8. The van der Waals surface area contributed by atoms with Crippen molar-refractivity contribution in [1.29, 1.82) is 0 Å². The number of ether oxygens (including phenoxy) is 4. The number of nitrogens with zero attached hydrogens (tertiary/aromatic N) is 3. The molecule has 50 heavy (non-hydrogen) atoms. The van der Waals surface area contributed by atoms with Gasteiger partial charge in [0.05, 0.1) is 65.6 Å². The standard InChI is InChI=1S/C31H47N7O12/c32-10-13-47-15-17-49-19-20-50-18-16-48-14-12-38-21-26(36-37-38)22-4-6-23(7-5-22)28(41)33-11-2-1-3-24(29(42)43)34-31(46)35-25(30(44)45)8-9-27(39)40/h4-7,21,24-25H,1-3,8-20,32H2,(H,33,41)(H,39,40)(H,42,43)(H,44,45)(H2,34,35,46). The first-order valence-corrected chi connectivity index (χ1v) is 16.1. The molecule has 0 spiro atoms. The zero-order valence-corrected chi connectivity index (χ0v) is 27.8. The number of aliphatic carboxylic acids is 3. The smallest absolute Gasteiger partial charge is 0.326 e. The predicted molar refractivity (Wildman–Crippen MR) is 175 cm³/mol. The van der Waals surface area contributed by atoms with E-state index in [1.54, 1.807) is 35.1 Å². The minimum atomic E-state index is -1.49. The zero-order chi connectivity index (χ0) is 36.6. The van der Waals surface area contributed by atoms with Gasteiger partial charge in [-0.2, -0.15) is 0 Å². The van der Waals surface area contributed by atoms with Gasteiger partial charge in [-0.3, -0.25) is 9.59 Å². The van der Waals surface area contributed by atoms with Crippen LogP contribution in [0.3, 0.4) is 0 Å². The molecule has 0 aliphatic carbocycles. The van der Waals surface area contributed by atoms with Gasteiger partial charge in [0.1, 0.15) is 17.8 Å². The van der Waals surface area contributed by atoms with E-state index in [1.807, 2.05) is 0 Å². The van der Waals surface area contributed by atoms with E-state index in [-0.39, 0.29) is 25.3 Å². The van der Waals surface area contributed by atoms with Crippen molar-refractivity contribution in [2.75, 3.05) is 65.9 Å². The molecule has 0 fully saturated rings. The zero-order valence-electron chi connectivity index (χ0n) is 27.8. The molecule has 2 atom stereocenters. The van der Waals surface area contributed by atoms with Crippen LogP contribution in [0.2, 0.25) is 0 Å². The lowest BCUT2D eigenvalue weighted by Gasteiger charge is -2.18. The Morgan fingerprint density at radius 1 is 0.760 bits per heavy atom. The Morgan fingerprint density at radius 2 is 1.32 bits per heavy atom. The summed E-state index contributed by atoms with van der Waals surface area (Å²) in [5, 5.41) is 42.6. The van der Waals surface area contributed by atoms with Crippen LogP contribution in [0.25, 0.3) is 11.3 Å². The number of rotatable bonds is 28. The largest absolute Gasteiger partial charge is 0.481 e. The van der Waals surface area contributed by atoms with Gasteiger partial charge >= 0.3 is 23.9 Å². The molecule has 2 rings (SSSR count). The number of benzene rings is 1. The Bertz CT molecular complexity index is 1330. The van der Waals surface area contributed by atoms with Crippen LogP contribution in [0.4, 0.5) is 4.79 Å². The lowest BCUT2D eigenvalue weighted by atomic mass is 10.1. The van der Waals surface area contributed by atoms with E-state index in [0.717, 1.165) is 5.56 Å². The first-order chi connectivity index (χ1) is 24.1. The average Bonchev–Trinajstić information content (AvgIpc) is 3.56. The maximum atomic E-state index is 12.6. The van der Waals surface area contributed by atoms with E-state index < -0.39 is 42.4 Å². The molecule has 19 nitrogen and oxygen atoms in total. The summed E-state index contributed by atoms with van der Waals surface area (Å²) >= 11 is 0. The summed E-state index contributed by atoms with van der Waals surface area (Å²) in [4.78, 5) is 58.2. The van der Waals surface area contributed by atoms with Crippen molar-refractivity contribution in [3.05, 3.63) is 36.0 Å². The number of nitrogens with two attached hydrogens (primary N) is 1. The molecule has 0 aliphatic rings. The number of urea groups is 1. The third-order valence-corrected chi connectivity index (χ3v) is 6.88. The molecule has 0 saturated carbocycles. The molecule has 8 N–H and O–H groups in total. The van der Waals surface area contributed by atoms with Crippen LogP contribution in [0.5, 0.6) is 0 Å². The highest BCUT2D eigenvalue weighted by molar-refractivity contribution is 5.94. The van der Waals surface area contributed by atoms with E-state index in [2.05, 4.69) is 26.3 Å². The number of hydrogen-bond acceptors (Lipinski definition) is 12. The fourth-order valence-electron chi connectivity index (χ4n) is 4.25. The lowest BCUT2D eigenvalue weighted by molar-refractivity contribution is -0.140. The van der Waals surface area contributed by atoms with Gasteiger partial charge in [-0.15, -0.1) is 5.10 Å². The SMILES string of the molecule is NCCOCCOCCOCCOCCn1cc(-c2ccc(C(=O)NCCCCC(NC(=O)NC(CCC(=O)O)C(=O)O)C(=O)O)cc2)nn1. The molecule has 0 saturated heterocycles. The predicted octanol–water partition coefficient (Wildman–Crippen LogP) is -0.0593. The van der Waals surface area contributed by atoms with Crippen LogP contribution in [-0.2, 0) is 39.9 Å². The number of carboxylic acids is 3. The maximum absolute atomic E-state index is 12.6. The van der Waals surface area contributed by atoms with Crippen LogP contribution < -0.4 is 21.7 Å². The van der Waals surface area contributed by atoms with Crippen molar-refractivity contribution < 1.29 is 58.2 Å². The highest BCUT2D eigenvalue weighted by Crippen LogP contribution is 2.17. The molecule has 3 amide bonds. The summed E-state index contributed by atoms with van der Waals surface area (Å²) in [7, 11) is 0. The summed E-state index contributed by atoms with van der Waals surface area (Å²) in [5.74, 6) is -4.32. The molecule has 278 valence electrons. The van der Waals surface area contributed by atoms with E-state index in [9.17, 15) is 29.1 Å². The van der Waals surface area contributed by atoms with Crippen LogP contribution in [0.1, 0.15) is 42.5 Å². The summed E-state index contributed by atoms with van der Waals surface area (Å²) in [6.07, 6.45) is 1.68. The van der Waals surface area contributed by atoms with Crippen molar-refractivity contribution in [1.82, 2.24) is 30.9 Å². The molecular weight excluding hydrogens is 662 g/mol. The Labute approximate surface area is 288 Å². The van der Waals surface area contributed by atoms with Crippen molar-refractivity contribution in [2.24, 2.45) is 5.73 Å². The van der Waals surface area contributed by atoms with Crippen LogP contribution in [0.15, 0.2) is 30.5 Å². The van der Waals surface area contributed by atoms with Gasteiger partial charge in [0.2, 0.25) is 0 Å². The molecule has 19 heteroatoms. The topological polar surface area (TPSA) is 276 Å². The van der Waals surface area contributed by atoms with Gasteiger partial charge in [-0.1, -0.05) is 17.3 Å². The summed E-state index contributed by atoms with van der Waals surface area (Å²) < 4.78 is 23.3. The third kappa shape index (κ3) is 17.6. The molecule has 2 unspecified atom stereocenters. The number of carbonyl (C=O) groups excluding carboxylic acids is 2. The Kier molecular flexibility index (Phi) is 20.3. The van der Waals surface area contributed by atoms with Crippen molar-refractivity contribution in [3.63, 3.8) is 0 Å². The first-order valence-electron chi connectivity index (χ1n) is 16.1. The number of nitrogens with one attached hydrogen (secondary N) is 3. The second kappa shape index (κ2) is 24.4. The van der Waals surface area contributed by atoms with Gasteiger partial charge < -0.3 is 56.0 Å². The Hall–Kier alpha value is -4.69. The average molecular weight is 710 g/mol. The number of hydrogen-bond donors (Lipinski definition) is 7. The molecule has 2 aromatic rings. The van der Waals surface area contributed by atoms with Crippen LogP contribution in [0, 0.1) is 0 Å². The van der Waals surface area contributed by atoms with Gasteiger partial charge in [0.25, 0.3) is 5.91 Å². The van der Waals surface area contributed by atoms with Gasteiger partial charge in [0.15, 0.2) is 0 Å². The number of aromatic nitrogens is 3. The van der Waals surface area contributed by atoms with E-state index in [4.69, 9.17) is 34.9 Å². The number of unbranched alkanes of at least 4 members (excludes halogenated alkanes) is 1. The summed E-state index contributed by atoms with van der Waals surface area (Å²) in [5.41, 5.74) is 7.14. The van der Waals surface area contributed by atoms with E-state index >= 15 is 0 Å². The Morgan fingerprint density at radius 3 is 1.88 bits per heavy atom. The number of carbonyl (C=O) groups is 5. The first kappa shape index (κ1) is 41.5. The molecule has 0 radical (unpaired) electrons. The van der Waals surface area contributed by atoms with Crippen LogP contribution in [-0.4, -0.2) is 138 Å². The minimum Gasteiger partial charge on any atom is -0.481 e. The van der Waals surface area contributed by atoms with E-state index in [1.165, 1.54) is 0 Å². The highest BCUT2D eigenvalue weighted by Gasteiger charge is 2.24. The molecule has 0 aliphatic heterocycles. The van der Waals surface area contributed by atoms with Gasteiger partial charge in [-0.05, 0) is 37.8 Å². The molecular formula is C31H47N7O12. The molecule has 1 heterocycles.